The fourth-order valence-corrected chi connectivity index (χ4v) is 1.82. The van der Waals surface area contributed by atoms with Gasteiger partial charge in [-0.25, -0.2) is 0 Å². The van der Waals surface area contributed by atoms with Gasteiger partial charge < -0.3 is 5.73 Å². The normalized spacial score (nSPS) is 15.7. The maximum Gasteiger partial charge on any atom is 0.255 e. The van der Waals surface area contributed by atoms with Crippen molar-refractivity contribution in [2.45, 2.75) is 13.3 Å². The van der Waals surface area contributed by atoms with E-state index >= 15 is 0 Å². The summed E-state index contributed by atoms with van der Waals surface area (Å²) in [6.45, 7) is 1.87. The maximum atomic E-state index is 11.6. The zero-order chi connectivity index (χ0) is 11.0. The van der Waals surface area contributed by atoms with Gasteiger partial charge in [-0.2, -0.15) is 10.1 Å². The van der Waals surface area contributed by atoms with E-state index in [9.17, 15) is 4.79 Å². The van der Waals surface area contributed by atoms with Crippen molar-refractivity contribution in [2.24, 2.45) is 10.8 Å². The van der Waals surface area contributed by atoms with Gasteiger partial charge in [-0.15, -0.1) is 0 Å². The van der Waals surface area contributed by atoms with E-state index in [4.69, 9.17) is 17.3 Å². The zero-order valence-electron chi connectivity index (χ0n) is 8.20. The molecule has 1 aromatic rings. The molecule has 0 atom stereocenters. The standard InChI is InChI=1S/C10H10ClN3O/c1-6-3-2-4-7(11)10(6)14-9(15)5-8(12)13-14/h2-4H,5H2,1H3,(H2,12,13). The van der Waals surface area contributed by atoms with Crippen molar-refractivity contribution in [2.75, 3.05) is 5.01 Å². The Bertz CT molecular complexity index is 436. The number of carbonyl (C=O) groups is 1. The van der Waals surface area contributed by atoms with Gasteiger partial charge in [0.2, 0.25) is 0 Å². The number of para-hydroxylation sites is 1. The molecule has 2 N–H and O–H groups in total. The third kappa shape index (κ3) is 1.68. The van der Waals surface area contributed by atoms with Crippen LogP contribution < -0.4 is 10.7 Å². The first kappa shape index (κ1) is 9.98. The van der Waals surface area contributed by atoms with Crippen LogP contribution in [0.5, 0.6) is 0 Å². The minimum absolute atomic E-state index is 0.149. The van der Waals surface area contributed by atoms with E-state index in [0.29, 0.717) is 16.5 Å². The number of carbonyl (C=O) groups excluding carboxylic acids is 1. The highest BCUT2D eigenvalue weighted by atomic mass is 35.5. The molecule has 1 aliphatic heterocycles. The summed E-state index contributed by atoms with van der Waals surface area (Å²) in [6.07, 6.45) is 0.157. The Hall–Kier alpha value is -1.55. The van der Waals surface area contributed by atoms with Crippen molar-refractivity contribution >= 4 is 29.0 Å². The van der Waals surface area contributed by atoms with Crippen LogP contribution >= 0.6 is 11.6 Å². The predicted octanol–water partition coefficient (Wildman–Crippen LogP) is 1.66. The second kappa shape index (κ2) is 3.55. The van der Waals surface area contributed by atoms with Crippen molar-refractivity contribution in [1.29, 1.82) is 0 Å². The molecule has 5 heteroatoms. The lowest BCUT2D eigenvalue weighted by atomic mass is 10.2. The van der Waals surface area contributed by atoms with Crippen molar-refractivity contribution in [3.05, 3.63) is 28.8 Å². The largest absolute Gasteiger partial charge is 0.385 e. The molecule has 1 amide bonds. The van der Waals surface area contributed by atoms with Crippen LogP contribution in [0.25, 0.3) is 0 Å². The summed E-state index contributed by atoms with van der Waals surface area (Å²) >= 11 is 6.02. The highest BCUT2D eigenvalue weighted by Gasteiger charge is 2.26. The number of amides is 1. The lowest BCUT2D eigenvalue weighted by molar-refractivity contribution is -0.116. The molecular formula is C10H10ClN3O. The minimum Gasteiger partial charge on any atom is -0.385 e. The molecule has 0 saturated carbocycles. The monoisotopic (exact) mass is 223 g/mol. The summed E-state index contributed by atoms with van der Waals surface area (Å²) in [7, 11) is 0. The molecule has 0 unspecified atom stereocenters. The molecule has 4 nitrogen and oxygen atoms in total. The topological polar surface area (TPSA) is 58.7 Å². The van der Waals surface area contributed by atoms with Crippen LogP contribution in [-0.4, -0.2) is 11.7 Å². The second-order valence-electron chi connectivity index (χ2n) is 3.38. The molecule has 0 fully saturated rings. The van der Waals surface area contributed by atoms with Gasteiger partial charge in [-0.3, -0.25) is 4.79 Å². The first-order valence-corrected chi connectivity index (χ1v) is 4.88. The minimum atomic E-state index is -0.149. The third-order valence-corrected chi connectivity index (χ3v) is 2.50. The summed E-state index contributed by atoms with van der Waals surface area (Å²) in [5.41, 5.74) is 7.01. The summed E-state index contributed by atoms with van der Waals surface area (Å²) in [5.74, 6) is 0.169. The van der Waals surface area contributed by atoms with Gasteiger partial charge >= 0.3 is 0 Å². The van der Waals surface area contributed by atoms with Crippen LogP contribution in [0.2, 0.25) is 5.02 Å². The summed E-state index contributed by atoms with van der Waals surface area (Å²) in [4.78, 5) is 11.6. The lowest BCUT2D eigenvalue weighted by Crippen LogP contribution is -2.20. The molecule has 0 spiro atoms. The molecular weight excluding hydrogens is 214 g/mol. The van der Waals surface area contributed by atoms with Crippen LogP contribution in [0.4, 0.5) is 5.69 Å². The van der Waals surface area contributed by atoms with Gasteiger partial charge in [0.1, 0.15) is 5.84 Å². The summed E-state index contributed by atoms with van der Waals surface area (Å²) in [5, 5.41) is 5.73. The van der Waals surface area contributed by atoms with Crippen LogP contribution in [0, 0.1) is 6.92 Å². The number of amidine groups is 1. The quantitative estimate of drug-likeness (QED) is 0.787. The van der Waals surface area contributed by atoms with Crippen LogP contribution in [-0.2, 0) is 4.79 Å². The van der Waals surface area contributed by atoms with Crippen molar-refractivity contribution < 1.29 is 4.79 Å². The lowest BCUT2D eigenvalue weighted by Gasteiger charge is -2.15. The van der Waals surface area contributed by atoms with Gasteiger partial charge in [0.25, 0.3) is 5.91 Å². The molecule has 0 bridgehead atoms. The summed E-state index contributed by atoms with van der Waals surface area (Å²) < 4.78 is 0. The Morgan fingerprint density at radius 1 is 1.53 bits per heavy atom. The molecule has 78 valence electrons. The Labute approximate surface area is 92.3 Å². The summed E-state index contributed by atoms with van der Waals surface area (Å²) in [6, 6.07) is 5.43. The number of hydrogen-bond donors (Lipinski definition) is 1. The van der Waals surface area contributed by atoms with E-state index in [-0.39, 0.29) is 12.3 Å². The fraction of sp³-hybridized carbons (Fsp3) is 0.200. The Kier molecular flexibility index (Phi) is 2.36. The van der Waals surface area contributed by atoms with Gasteiger partial charge in [-0.05, 0) is 18.6 Å². The number of rotatable bonds is 1. The fourth-order valence-electron chi connectivity index (χ4n) is 1.52. The van der Waals surface area contributed by atoms with E-state index in [1.807, 2.05) is 19.1 Å². The number of nitrogens with two attached hydrogens (primary N) is 1. The number of anilines is 1. The molecule has 0 aliphatic carbocycles. The van der Waals surface area contributed by atoms with Gasteiger partial charge in [0, 0.05) is 0 Å². The first-order chi connectivity index (χ1) is 7.09. The Morgan fingerprint density at radius 3 is 2.80 bits per heavy atom. The predicted molar refractivity (Wildman–Crippen MR) is 59.9 cm³/mol. The van der Waals surface area contributed by atoms with Gasteiger partial charge in [0.15, 0.2) is 0 Å². The van der Waals surface area contributed by atoms with E-state index in [1.54, 1.807) is 6.07 Å². The number of halogens is 1. The van der Waals surface area contributed by atoms with E-state index in [0.717, 1.165) is 5.56 Å². The van der Waals surface area contributed by atoms with E-state index < -0.39 is 0 Å². The zero-order valence-corrected chi connectivity index (χ0v) is 8.95. The molecule has 15 heavy (non-hydrogen) atoms. The van der Waals surface area contributed by atoms with Crippen LogP contribution in [0.15, 0.2) is 23.3 Å². The van der Waals surface area contributed by atoms with Crippen molar-refractivity contribution in [1.82, 2.24) is 0 Å². The highest BCUT2D eigenvalue weighted by Crippen LogP contribution is 2.31. The molecule has 2 rings (SSSR count). The molecule has 1 aromatic carbocycles. The molecule has 1 aliphatic rings. The van der Waals surface area contributed by atoms with Gasteiger partial charge in [0.05, 0.1) is 17.1 Å². The van der Waals surface area contributed by atoms with E-state index in [2.05, 4.69) is 5.10 Å². The average molecular weight is 224 g/mol. The van der Waals surface area contributed by atoms with Crippen molar-refractivity contribution in [3.63, 3.8) is 0 Å². The average Bonchev–Trinajstić information content (AvgIpc) is 2.45. The highest BCUT2D eigenvalue weighted by molar-refractivity contribution is 6.34. The van der Waals surface area contributed by atoms with Gasteiger partial charge in [-0.1, -0.05) is 23.7 Å². The number of aryl methyl sites for hydroxylation is 1. The van der Waals surface area contributed by atoms with E-state index in [1.165, 1.54) is 5.01 Å². The van der Waals surface area contributed by atoms with Crippen molar-refractivity contribution in [3.8, 4) is 0 Å². The SMILES string of the molecule is Cc1cccc(Cl)c1N1N=C(N)CC1=O. The number of hydrazone groups is 1. The smallest absolute Gasteiger partial charge is 0.255 e. The second-order valence-corrected chi connectivity index (χ2v) is 3.79. The Morgan fingerprint density at radius 2 is 2.27 bits per heavy atom. The molecule has 0 radical (unpaired) electrons. The number of nitrogens with zero attached hydrogens (tertiary/aromatic N) is 2. The number of hydrogen-bond acceptors (Lipinski definition) is 3. The van der Waals surface area contributed by atoms with Crippen LogP contribution in [0.1, 0.15) is 12.0 Å². The number of benzene rings is 1. The molecule has 0 aromatic heterocycles. The molecule has 0 saturated heterocycles. The third-order valence-electron chi connectivity index (χ3n) is 2.20. The maximum absolute atomic E-state index is 11.6. The first-order valence-electron chi connectivity index (χ1n) is 4.50. The Balaban J connectivity index is 2.50. The van der Waals surface area contributed by atoms with Crippen LogP contribution in [0.3, 0.4) is 0 Å². The molecule has 1 heterocycles.